The van der Waals surface area contributed by atoms with Crippen molar-refractivity contribution in [3.05, 3.63) is 0 Å². The van der Waals surface area contributed by atoms with Crippen LogP contribution in [0.1, 0.15) is 40.5 Å². The van der Waals surface area contributed by atoms with Crippen LogP contribution < -0.4 is 10.6 Å². The van der Waals surface area contributed by atoms with Gasteiger partial charge in [-0.3, -0.25) is 9.89 Å². The van der Waals surface area contributed by atoms with Crippen LogP contribution in [-0.4, -0.2) is 76.1 Å². The predicted molar refractivity (Wildman–Crippen MR) is 101 cm³/mol. The van der Waals surface area contributed by atoms with Gasteiger partial charge in [-0.15, -0.1) is 0 Å². The highest BCUT2D eigenvalue weighted by Gasteiger charge is 2.15. The molecular weight excluding hydrogens is 304 g/mol. The maximum atomic E-state index is 5.73. The second kappa shape index (κ2) is 13.4. The maximum absolute atomic E-state index is 5.73. The Labute approximate surface area is 148 Å². The number of hydrogen-bond acceptors (Lipinski definition) is 4. The van der Waals surface area contributed by atoms with Gasteiger partial charge in [0, 0.05) is 38.3 Å². The van der Waals surface area contributed by atoms with E-state index in [4.69, 9.17) is 14.5 Å². The van der Waals surface area contributed by atoms with E-state index in [0.717, 1.165) is 78.0 Å². The van der Waals surface area contributed by atoms with Gasteiger partial charge in [0.15, 0.2) is 5.96 Å². The highest BCUT2D eigenvalue weighted by Crippen LogP contribution is 2.12. The number of rotatable bonds is 12. The summed E-state index contributed by atoms with van der Waals surface area (Å²) in [6, 6.07) is 0.465. The van der Waals surface area contributed by atoms with E-state index >= 15 is 0 Å². The zero-order valence-electron chi connectivity index (χ0n) is 16.1. The first-order valence-corrected chi connectivity index (χ1v) is 9.62. The molecule has 0 saturated carbocycles. The molecule has 0 aromatic rings. The smallest absolute Gasteiger partial charge is 0.191 e. The van der Waals surface area contributed by atoms with Crippen LogP contribution in [0.15, 0.2) is 4.99 Å². The number of guanidine groups is 1. The minimum Gasteiger partial charge on any atom is -0.381 e. The average molecular weight is 343 g/mol. The van der Waals surface area contributed by atoms with Crippen molar-refractivity contribution in [2.24, 2.45) is 10.9 Å². The van der Waals surface area contributed by atoms with Crippen LogP contribution >= 0.6 is 0 Å². The molecule has 24 heavy (non-hydrogen) atoms. The van der Waals surface area contributed by atoms with Crippen molar-refractivity contribution in [2.45, 2.75) is 46.6 Å². The number of ether oxygens (including phenoxy) is 2. The summed E-state index contributed by atoms with van der Waals surface area (Å²) in [6.07, 6.45) is 2.13. The zero-order valence-corrected chi connectivity index (χ0v) is 16.1. The van der Waals surface area contributed by atoms with Crippen LogP contribution in [0.4, 0.5) is 0 Å². The third-order valence-electron chi connectivity index (χ3n) is 4.43. The third kappa shape index (κ3) is 8.85. The molecule has 142 valence electrons. The first-order chi connectivity index (χ1) is 11.7. The van der Waals surface area contributed by atoms with E-state index in [1.54, 1.807) is 0 Å². The molecule has 1 saturated heterocycles. The molecule has 0 aromatic carbocycles. The van der Waals surface area contributed by atoms with Gasteiger partial charge in [0.1, 0.15) is 0 Å². The summed E-state index contributed by atoms with van der Waals surface area (Å²) in [6.45, 7) is 16.8. The average Bonchev–Trinajstić information content (AvgIpc) is 3.10. The van der Waals surface area contributed by atoms with Crippen molar-refractivity contribution in [2.75, 3.05) is 59.2 Å². The Bertz CT molecular complexity index is 329. The summed E-state index contributed by atoms with van der Waals surface area (Å²) < 4.78 is 11.1. The topological polar surface area (TPSA) is 58.1 Å². The largest absolute Gasteiger partial charge is 0.381 e. The lowest BCUT2D eigenvalue weighted by Crippen LogP contribution is -2.40. The summed E-state index contributed by atoms with van der Waals surface area (Å²) in [4.78, 5) is 7.13. The SMILES string of the molecule is CCNC(=NCC(C)N(CC)CC)NCCCOCC1CCOC1. The van der Waals surface area contributed by atoms with Gasteiger partial charge >= 0.3 is 0 Å². The Morgan fingerprint density at radius 2 is 2.08 bits per heavy atom. The third-order valence-corrected chi connectivity index (χ3v) is 4.43. The van der Waals surface area contributed by atoms with Crippen molar-refractivity contribution in [1.82, 2.24) is 15.5 Å². The standard InChI is InChI=1S/C18H38N4O2/c1-5-19-18(21-13-16(4)22(6-2)7-3)20-10-8-11-23-14-17-9-12-24-15-17/h16-17H,5-15H2,1-4H3,(H2,19,20,21). The molecule has 0 bridgehead atoms. The van der Waals surface area contributed by atoms with Gasteiger partial charge in [0.2, 0.25) is 0 Å². The van der Waals surface area contributed by atoms with Gasteiger partial charge in [0.05, 0.1) is 19.8 Å². The fourth-order valence-corrected chi connectivity index (χ4v) is 2.87. The highest BCUT2D eigenvalue weighted by atomic mass is 16.5. The minimum absolute atomic E-state index is 0.465. The van der Waals surface area contributed by atoms with Crippen LogP contribution in [0.25, 0.3) is 0 Å². The van der Waals surface area contributed by atoms with Crippen LogP contribution in [0, 0.1) is 5.92 Å². The van der Waals surface area contributed by atoms with E-state index in [1.807, 2.05) is 0 Å². The molecule has 1 fully saturated rings. The van der Waals surface area contributed by atoms with Crippen molar-refractivity contribution in [3.63, 3.8) is 0 Å². The first-order valence-electron chi connectivity index (χ1n) is 9.62. The van der Waals surface area contributed by atoms with E-state index in [0.29, 0.717) is 12.0 Å². The Kier molecular flexibility index (Phi) is 11.9. The molecule has 6 heteroatoms. The lowest BCUT2D eigenvalue weighted by molar-refractivity contribution is 0.0888. The van der Waals surface area contributed by atoms with Gasteiger partial charge in [-0.1, -0.05) is 13.8 Å². The monoisotopic (exact) mass is 342 g/mol. The van der Waals surface area contributed by atoms with E-state index in [2.05, 4.69) is 43.2 Å². The van der Waals surface area contributed by atoms with E-state index in [1.165, 1.54) is 0 Å². The van der Waals surface area contributed by atoms with E-state index in [-0.39, 0.29) is 0 Å². The van der Waals surface area contributed by atoms with Crippen LogP contribution in [-0.2, 0) is 9.47 Å². The second-order valence-corrected chi connectivity index (χ2v) is 6.37. The van der Waals surface area contributed by atoms with Crippen molar-refractivity contribution in [3.8, 4) is 0 Å². The molecule has 2 unspecified atom stereocenters. The number of likely N-dealkylation sites (N-methyl/N-ethyl adjacent to an activating group) is 1. The number of nitrogens with one attached hydrogen (secondary N) is 2. The van der Waals surface area contributed by atoms with Crippen LogP contribution in [0.3, 0.4) is 0 Å². The Morgan fingerprint density at radius 3 is 2.71 bits per heavy atom. The van der Waals surface area contributed by atoms with Gasteiger partial charge in [-0.05, 0) is 39.8 Å². The van der Waals surface area contributed by atoms with Crippen LogP contribution in [0.5, 0.6) is 0 Å². The summed E-state index contributed by atoms with van der Waals surface area (Å²) in [5.74, 6) is 1.50. The van der Waals surface area contributed by atoms with Gasteiger partial charge in [-0.25, -0.2) is 0 Å². The fraction of sp³-hybridized carbons (Fsp3) is 0.944. The maximum Gasteiger partial charge on any atom is 0.191 e. The quantitative estimate of drug-likeness (QED) is 0.321. The Balaban J connectivity index is 2.17. The molecule has 0 radical (unpaired) electrons. The Hall–Kier alpha value is -0.850. The predicted octanol–water partition coefficient (Wildman–Crippen LogP) is 1.72. The summed E-state index contributed by atoms with van der Waals surface area (Å²) in [5.41, 5.74) is 0. The first kappa shape index (κ1) is 21.2. The minimum atomic E-state index is 0.465. The van der Waals surface area contributed by atoms with Crippen molar-refractivity contribution >= 4 is 5.96 Å². The molecule has 0 aliphatic carbocycles. The molecule has 0 amide bonds. The molecule has 1 aliphatic rings. The lowest BCUT2D eigenvalue weighted by Gasteiger charge is -2.25. The fourth-order valence-electron chi connectivity index (χ4n) is 2.87. The highest BCUT2D eigenvalue weighted by molar-refractivity contribution is 5.79. The van der Waals surface area contributed by atoms with Crippen molar-refractivity contribution in [1.29, 1.82) is 0 Å². The molecule has 0 aromatic heterocycles. The van der Waals surface area contributed by atoms with Crippen molar-refractivity contribution < 1.29 is 9.47 Å². The lowest BCUT2D eigenvalue weighted by atomic mass is 10.1. The second-order valence-electron chi connectivity index (χ2n) is 6.37. The molecule has 0 spiro atoms. The molecule has 1 aliphatic heterocycles. The summed E-state index contributed by atoms with van der Waals surface area (Å²) in [7, 11) is 0. The molecule has 2 N–H and O–H groups in total. The van der Waals surface area contributed by atoms with Gasteiger partial charge in [-0.2, -0.15) is 0 Å². The number of nitrogens with zero attached hydrogens (tertiary/aromatic N) is 2. The summed E-state index contributed by atoms with van der Waals surface area (Å²) in [5, 5.41) is 6.71. The summed E-state index contributed by atoms with van der Waals surface area (Å²) >= 11 is 0. The molecule has 1 heterocycles. The normalized spacial score (nSPS) is 19.7. The zero-order chi connectivity index (χ0) is 17.6. The van der Waals surface area contributed by atoms with Crippen LogP contribution in [0.2, 0.25) is 0 Å². The molecule has 6 nitrogen and oxygen atoms in total. The van der Waals surface area contributed by atoms with E-state index < -0.39 is 0 Å². The molecule has 2 atom stereocenters. The number of hydrogen-bond donors (Lipinski definition) is 2. The van der Waals surface area contributed by atoms with Gasteiger partial charge < -0.3 is 20.1 Å². The van der Waals surface area contributed by atoms with Gasteiger partial charge in [0.25, 0.3) is 0 Å². The Morgan fingerprint density at radius 1 is 1.29 bits per heavy atom. The van der Waals surface area contributed by atoms with E-state index in [9.17, 15) is 0 Å². The number of aliphatic imine (C=N–C) groups is 1. The molecule has 1 rings (SSSR count). The molecular formula is C18H38N4O2.